The molecule has 0 spiro atoms. The van der Waals surface area contributed by atoms with Gasteiger partial charge in [0, 0.05) is 25.3 Å². The summed E-state index contributed by atoms with van der Waals surface area (Å²) in [4.78, 5) is 6.93. The van der Waals surface area contributed by atoms with E-state index in [0.717, 1.165) is 31.9 Å². The molecule has 0 aliphatic rings. The van der Waals surface area contributed by atoms with Gasteiger partial charge in [-0.1, -0.05) is 40.2 Å². The molecule has 0 saturated heterocycles. The van der Waals surface area contributed by atoms with Gasteiger partial charge in [0.1, 0.15) is 0 Å². The number of pyridine rings is 1. The second kappa shape index (κ2) is 9.89. The third-order valence-electron chi connectivity index (χ3n) is 4.00. The average Bonchev–Trinajstić information content (AvgIpc) is 2.50. The maximum atomic E-state index is 4.44. The fourth-order valence-corrected chi connectivity index (χ4v) is 2.36. The standard InChI is InChI=1S/C17H31N3/c1-5-11-19-17(15(4)6-2)14-20(7-3)13-16-10-8-9-12-18-16/h8-10,12,15,17,19H,5-7,11,13-14H2,1-4H3. The zero-order valence-electron chi connectivity index (χ0n) is 13.6. The highest BCUT2D eigenvalue weighted by Crippen LogP contribution is 2.11. The van der Waals surface area contributed by atoms with Gasteiger partial charge in [-0.3, -0.25) is 9.88 Å². The van der Waals surface area contributed by atoms with Crippen molar-refractivity contribution < 1.29 is 0 Å². The van der Waals surface area contributed by atoms with Crippen LogP contribution in [0.5, 0.6) is 0 Å². The Bertz CT molecular complexity index is 339. The third-order valence-corrected chi connectivity index (χ3v) is 4.00. The Labute approximate surface area is 124 Å². The molecule has 0 aromatic carbocycles. The van der Waals surface area contributed by atoms with Gasteiger partial charge in [-0.15, -0.1) is 0 Å². The van der Waals surface area contributed by atoms with Crippen LogP contribution < -0.4 is 5.32 Å². The van der Waals surface area contributed by atoms with Crippen molar-refractivity contribution in [2.75, 3.05) is 19.6 Å². The van der Waals surface area contributed by atoms with E-state index < -0.39 is 0 Å². The zero-order chi connectivity index (χ0) is 14.8. The van der Waals surface area contributed by atoms with Gasteiger partial charge in [0.05, 0.1) is 5.69 Å². The van der Waals surface area contributed by atoms with Gasteiger partial charge >= 0.3 is 0 Å². The van der Waals surface area contributed by atoms with Crippen molar-refractivity contribution >= 4 is 0 Å². The van der Waals surface area contributed by atoms with Gasteiger partial charge in [0.2, 0.25) is 0 Å². The second-order valence-corrected chi connectivity index (χ2v) is 5.59. The summed E-state index contributed by atoms with van der Waals surface area (Å²) in [6.45, 7) is 13.3. The Morgan fingerprint density at radius 2 is 2.05 bits per heavy atom. The summed E-state index contributed by atoms with van der Waals surface area (Å²) in [5.41, 5.74) is 1.16. The van der Waals surface area contributed by atoms with Crippen LogP contribution in [-0.4, -0.2) is 35.6 Å². The summed E-state index contributed by atoms with van der Waals surface area (Å²) in [6.07, 6.45) is 4.30. The summed E-state index contributed by atoms with van der Waals surface area (Å²) in [5.74, 6) is 0.708. The van der Waals surface area contributed by atoms with Crippen LogP contribution in [0.4, 0.5) is 0 Å². The molecule has 3 heteroatoms. The number of hydrogen-bond donors (Lipinski definition) is 1. The van der Waals surface area contributed by atoms with E-state index in [1.165, 1.54) is 12.8 Å². The minimum Gasteiger partial charge on any atom is -0.312 e. The van der Waals surface area contributed by atoms with Crippen LogP contribution in [-0.2, 0) is 6.54 Å². The molecule has 2 unspecified atom stereocenters. The second-order valence-electron chi connectivity index (χ2n) is 5.59. The molecule has 0 aliphatic carbocycles. The van der Waals surface area contributed by atoms with Gasteiger partial charge in [-0.2, -0.15) is 0 Å². The molecule has 2 atom stereocenters. The fraction of sp³-hybridized carbons (Fsp3) is 0.706. The molecule has 1 aromatic heterocycles. The summed E-state index contributed by atoms with van der Waals surface area (Å²) >= 11 is 0. The van der Waals surface area contributed by atoms with Crippen molar-refractivity contribution in [2.45, 2.75) is 53.1 Å². The van der Waals surface area contributed by atoms with Crippen LogP contribution in [0.15, 0.2) is 24.4 Å². The van der Waals surface area contributed by atoms with E-state index in [-0.39, 0.29) is 0 Å². The molecule has 3 nitrogen and oxygen atoms in total. The van der Waals surface area contributed by atoms with Gasteiger partial charge in [0.15, 0.2) is 0 Å². The molecule has 1 aromatic rings. The molecular formula is C17H31N3. The Morgan fingerprint density at radius 1 is 1.25 bits per heavy atom. The van der Waals surface area contributed by atoms with Crippen molar-refractivity contribution in [3.05, 3.63) is 30.1 Å². The first-order valence-corrected chi connectivity index (χ1v) is 8.06. The normalized spacial score (nSPS) is 14.4. The molecule has 0 fully saturated rings. The molecule has 114 valence electrons. The number of hydrogen-bond acceptors (Lipinski definition) is 3. The van der Waals surface area contributed by atoms with E-state index >= 15 is 0 Å². The van der Waals surface area contributed by atoms with Gasteiger partial charge in [-0.05, 0) is 37.6 Å². The number of rotatable bonds is 10. The highest BCUT2D eigenvalue weighted by Gasteiger charge is 2.18. The van der Waals surface area contributed by atoms with Crippen LogP contribution in [0.25, 0.3) is 0 Å². The van der Waals surface area contributed by atoms with Crippen molar-refractivity contribution in [1.29, 1.82) is 0 Å². The van der Waals surface area contributed by atoms with E-state index in [1.54, 1.807) is 0 Å². The van der Waals surface area contributed by atoms with Crippen molar-refractivity contribution in [3.63, 3.8) is 0 Å². The lowest BCUT2D eigenvalue weighted by molar-refractivity contribution is 0.210. The molecule has 0 aliphatic heterocycles. The molecule has 1 heterocycles. The van der Waals surface area contributed by atoms with E-state index in [4.69, 9.17) is 0 Å². The van der Waals surface area contributed by atoms with Crippen molar-refractivity contribution in [1.82, 2.24) is 15.2 Å². The Morgan fingerprint density at radius 3 is 2.60 bits per heavy atom. The zero-order valence-corrected chi connectivity index (χ0v) is 13.6. The minimum atomic E-state index is 0.573. The monoisotopic (exact) mass is 277 g/mol. The maximum Gasteiger partial charge on any atom is 0.0543 e. The predicted molar refractivity (Wildman–Crippen MR) is 86.7 cm³/mol. The lowest BCUT2D eigenvalue weighted by Crippen LogP contribution is -2.45. The first-order chi connectivity index (χ1) is 9.71. The smallest absolute Gasteiger partial charge is 0.0543 e. The van der Waals surface area contributed by atoms with Gasteiger partial charge in [-0.25, -0.2) is 0 Å². The summed E-state index contributed by atoms with van der Waals surface area (Å²) in [5, 5.41) is 3.71. The Kier molecular flexibility index (Phi) is 8.47. The summed E-state index contributed by atoms with van der Waals surface area (Å²) in [6, 6.07) is 6.73. The molecule has 0 radical (unpaired) electrons. The fourth-order valence-electron chi connectivity index (χ4n) is 2.36. The number of nitrogens with one attached hydrogen (secondary N) is 1. The van der Waals surface area contributed by atoms with E-state index in [9.17, 15) is 0 Å². The van der Waals surface area contributed by atoms with Crippen LogP contribution in [0.1, 0.15) is 46.2 Å². The highest BCUT2D eigenvalue weighted by molar-refractivity contribution is 5.03. The summed E-state index contributed by atoms with van der Waals surface area (Å²) in [7, 11) is 0. The SMILES string of the molecule is CCCNC(CN(CC)Cc1ccccn1)C(C)CC. The predicted octanol–water partition coefficient (Wildman–Crippen LogP) is 3.32. The lowest BCUT2D eigenvalue weighted by Gasteiger charge is -2.30. The van der Waals surface area contributed by atoms with Crippen molar-refractivity contribution in [2.24, 2.45) is 5.92 Å². The van der Waals surface area contributed by atoms with Crippen LogP contribution in [0.3, 0.4) is 0 Å². The molecule has 0 saturated carbocycles. The largest absolute Gasteiger partial charge is 0.312 e. The molecular weight excluding hydrogens is 246 g/mol. The van der Waals surface area contributed by atoms with Crippen molar-refractivity contribution in [3.8, 4) is 0 Å². The Balaban J connectivity index is 2.58. The minimum absolute atomic E-state index is 0.573. The van der Waals surface area contributed by atoms with Crippen LogP contribution in [0, 0.1) is 5.92 Å². The maximum absolute atomic E-state index is 4.44. The molecule has 0 amide bonds. The quantitative estimate of drug-likeness (QED) is 0.711. The third kappa shape index (κ3) is 6.02. The summed E-state index contributed by atoms with van der Waals surface area (Å²) < 4.78 is 0. The number of nitrogens with zero attached hydrogens (tertiary/aromatic N) is 2. The average molecular weight is 277 g/mol. The van der Waals surface area contributed by atoms with Crippen LogP contribution in [0.2, 0.25) is 0 Å². The molecule has 20 heavy (non-hydrogen) atoms. The van der Waals surface area contributed by atoms with E-state index in [1.807, 2.05) is 12.3 Å². The molecule has 1 N–H and O–H groups in total. The first kappa shape index (κ1) is 17.1. The van der Waals surface area contributed by atoms with Gasteiger partial charge in [0.25, 0.3) is 0 Å². The number of aromatic nitrogens is 1. The highest BCUT2D eigenvalue weighted by atomic mass is 15.2. The van der Waals surface area contributed by atoms with Crippen LogP contribution >= 0.6 is 0 Å². The lowest BCUT2D eigenvalue weighted by atomic mass is 9.98. The van der Waals surface area contributed by atoms with E-state index in [0.29, 0.717) is 12.0 Å². The van der Waals surface area contributed by atoms with Gasteiger partial charge < -0.3 is 5.32 Å². The molecule has 0 bridgehead atoms. The number of likely N-dealkylation sites (N-methyl/N-ethyl adjacent to an activating group) is 1. The topological polar surface area (TPSA) is 28.2 Å². The molecule has 1 rings (SSSR count). The first-order valence-electron chi connectivity index (χ1n) is 8.06. The Hall–Kier alpha value is -0.930. The van der Waals surface area contributed by atoms with E-state index in [2.05, 4.69) is 55.0 Å².